The normalized spacial score (nSPS) is 17.9. The van der Waals surface area contributed by atoms with Gasteiger partial charge in [-0.1, -0.05) is 0 Å². The molecular weight excluding hydrogens is 538 g/mol. The van der Waals surface area contributed by atoms with E-state index in [1.807, 2.05) is 0 Å². The summed E-state index contributed by atoms with van der Waals surface area (Å²) in [6.07, 6.45) is -25.5. The van der Waals surface area contributed by atoms with E-state index in [-0.39, 0.29) is 51.4 Å². The summed E-state index contributed by atoms with van der Waals surface area (Å²) in [5.41, 5.74) is -18.2. The maximum atomic E-state index is 13.7. The average Bonchev–Trinajstić information content (AvgIpc) is 2.39. The van der Waals surface area contributed by atoms with E-state index in [9.17, 15) is 87.6 Å². The molecule has 0 aromatic carbocycles. The van der Waals surface area contributed by atoms with Gasteiger partial charge in [0.25, 0.3) is 0 Å². The number of alkyl halides is 17. The second-order valence-electron chi connectivity index (χ2n) is 4.93. The molecule has 0 spiro atoms. The van der Waals surface area contributed by atoms with Crippen molar-refractivity contribution in [3.05, 3.63) is 0 Å². The molecule has 0 bridgehead atoms. The largest absolute Gasteiger partial charge is 1.00 e. The Morgan fingerprint density at radius 1 is 0.467 bits per heavy atom. The third-order valence-electron chi connectivity index (χ3n) is 3.15. The van der Waals surface area contributed by atoms with Crippen molar-refractivity contribution in [2.24, 2.45) is 0 Å². The van der Waals surface area contributed by atoms with Crippen LogP contribution >= 0.6 is 0 Å². The van der Waals surface area contributed by atoms with Crippen LogP contribution in [-0.2, 0) is 10.1 Å². The standard InChI is InChI=1S/C8HF17O3S.K/c9-1(5(15,16)17,4(13,14)8(24,25)29(26,27)28)3(11,12)2(10,6(18,19)20)7(21,22)23;/h(H,26,27,28);/q;+1/p-1. The predicted octanol–water partition coefficient (Wildman–Crippen LogP) is 1.50. The van der Waals surface area contributed by atoms with Gasteiger partial charge >= 0.3 is 98.4 Å². The molecule has 0 radical (unpaired) electrons. The SMILES string of the molecule is O=S(=O)([O-])C(F)(F)C(F)(F)C(F)(C(F)(F)F)C(F)(F)C(F)(C(F)(F)F)C(F)(F)F.[K+]. The van der Waals surface area contributed by atoms with E-state index in [0.29, 0.717) is 0 Å². The smallest absolute Gasteiger partial charge is 0.743 e. The molecule has 22 heteroatoms. The number of hydrogen-bond donors (Lipinski definition) is 0. The van der Waals surface area contributed by atoms with Crippen LogP contribution in [0.25, 0.3) is 0 Å². The van der Waals surface area contributed by atoms with Gasteiger partial charge in [-0.3, -0.25) is 0 Å². The Hall–Kier alpha value is 0.356. The second kappa shape index (κ2) is 7.99. The topological polar surface area (TPSA) is 57.2 Å². The van der Waals surface area contributed by atoms with Crippen LogP contribution in [0.3, 0.4) is 0 Å². The summed E-state index contributed by atoms with van der Waals surface area (Å²) >= 11 is 0. The molecular formula is C8F17KO3S. The van der Waals surface area contributed by atoms with Gasteiger partial charge in [0.2, 0.25) is 0 Å². The molecule has 3 nitrogen and oxygen atoms in total. The van der Waals surface area contributed by atoms with Crippen LogP contribution in [0, 0.1) is 0 Å². The molecule has 0 aromatic rings. The number of halogens is 17. The summed E-state index contributed by atoms with van der Waals surface area (Å²) in [5, 5.41) is -8.24. The Kier molecular flexibility index (Phi) is 8.66. The summed E-state index contributed by atoms with van der Waals surface area (Å²) in [7, 11) is -8.37. The zero-order chi connectivity index (χ0) is 24.5. The van der Waals surface area contributed by atoms with Crippen molar-refractivity contribution in [1.82, 2.24) is 0 Å². The third-order valence-corrected chi connectivity index (χ3v) is 4.03. The van der Waals surface area contributed by atoms with Gasteiger partial charge in [0.15, 0.2) is 10.1 Å². The Bertz CT molecular complexity index is 720. The maximum Gasteiger partial charge on any atom is 1.00 e. The van der Waals surface area contributed by atoms with E-state index in [4.69, 9.17) is 0 Å². The summed E-state index contributed by atoms with van der Waals surface area (Å²) in [4.78, 5) is 0. The van der Waals surface area contributed by atoms with E-state index in [1.165, 1.54) is 0 Å². The average molecular weight is 538 g/mol. The Morgan fingerprint density at radius 2 is 0.700 bits per heavy atom. The predicted molar refractivity (Wildman–Crippen MR) is 50.4 cm³/mol. The van der Waals surface area contributed by atoms with Crippen molar-refractivity contribution in [1.29, 1.82) is 0 Å². The van der Waals surface area contributed by atoms with E-state index in [2.05, 4.69) is 0 Å². The monoisotopic (exact) mass is 538 g/mol. The zero-order valence-electron chi connectivity index (χ0n) is 13.1. The molecule has 0 aromatic heterocycles. The molecule has 0 heterocycles. The Morgan fingerprint density at radius 3 is 0.867 bits per heavy atom. The van der Waals surface area contributed by atoms with Crippen LogP contribution in [0.15, 0.2) is 0 Å². The molecule has 0 fully saturated rings. The molecule has 0 aliphatic carbocycles. The first kappa shape index (κ1) is 32.5. The van der Waals surface area contributed by atoms with Crippen LogP contribution in [-0.4, -0.2) is 59.9 Å². The zero-order valence-corrected chi connectivity index (χ0v) is 17.0. The van der Waals surface area contributed by atoms with E-state index in [0.717, 1.165) is 0 Å². The molecule has 176 valence electrons. The first-order valence-corrected chi connectivity index (χ1v) is 7.08. The fourth-order valence-corrected chi connectivity index (χ4v) is 2.12. The van der Waals surface area contributed by atoms with Crippen LogP contribution < -0.4 is 51.4 Å². The van der Waals surface area contributed by atoms with Crippen molar-refractivity contribution in [2.75, 3.05) is 0 Å². The van der Waals surface area contributed by atoms with Gasteiger partial charge < -0.3 is 4.55 Å². The van der Waals surface area contributed by atoms with E-state index < -0.39 is 57.1 Å². The number of rotatable bonds is 5. The van der Waals surface area contributed by atoms with Crippen molar-refractivity contribution in [3.8, 4) is 0 Å². The molecule has 1 unspecified atom stereocenters. The van der Waals surface area contributed by atoms with Gasteiger partial charge in [0.1, 0.15) is 0 Å². The van der Waals surface area contributed by atoms with Crippen molar-refractivity contribution in [3.63, 3.8) is 0 Å². The third kappa shape index (κ3) is 4.05. The quantitative estimate of drug-likeness (QED) is 0.303. The minimum Gasteiger partial charge on any atom is -0.743 e. The molecule has 0 amide bonds. The molecule has 0 aliphatic heterocycles. The van der Waals surface area contributed by atoms with Crippen molar-refractivity contribution < 1.29 is 139 Å². The Labute approximate surface area is 195 Å². The van der Waals surface area contributed by atoms with Gasteiger partial charge in [0.05, 0.1) is 0 Å². The van der Waals surface area contributed by atoms with Crippen LogP contribution in [0.5, 0.6) is 0 Å². The molecule has 0 aliphatic rings. The summed E-state index contributed by atoms with van der Waals surface area (Å²) < 4.78 is 246. The van der Waals surface area contributed by atoms with Gasteiger partial charge in [-0.05, 0) is 0 Å². The summed E-state index contributed by atoms with van der Waals surface area (Å²) in [5.74, 6) is -18.2. The van der Waals surface area contributed by atoms with E-state index in [1.54, 1.807) is 0 Å². The van der Waals surface area contributed by atoms with Gasteiger partial charge in [-0.25, -0.2) is 17.2 Å². The molecule has 0 N–H and O–H groups in total. The minimum atomic E-state index is -9.27. The van der Waals surface area contributed by atoms with Crippen LogP contribution in [0.1, 0.15) is 0 Å². The summed E-state index contributed by atoms with van der Waals surface area (Å²) in [6.45, 7) is 0. The molecule has 0 rings (SSSR count). The van der Waals surface area contributed by atoms with Crippen molar-refractivity contribution in [2.45, 2.75) is 47.0 Å². The Balaban J connectivity index is 0. The van der Waals surface area contributed by atoms with E-state index >= 15 is 0 Å². The fraction of sp³-hybridized carbons (Fsp3) is 1.00. The van der Waals surface area contributed by atoms with Crippen LogP contribution in [0.4, 0.5) is 74.6 Å². The van der Waals surface area contributed by atoms with Crippen molar-refractivity contribution >= 4 is 10.1 Å². The molecule has 0 saturated heterocycles. The molecule has 0 saturated carbocycles. The first-order chi connectivity index (χ1) is 12.0. The molecule has 30 heavy (non-hydrogen) atoms. The second-order valence-corrected chi connectivity index (χ2v) is 6.35. The first-order valence-electron chi connectivity index (χ1n) is 5.67. The minimum absolute atomic E-state index is 0. The summed E-state index contributed by atoms with van der Waals surface area (Å²) in [6, 6.07) is 0. The van der Waals surface area contributed by atoms with Gasteiger partial charge in [-0.2, -0.15) is 65.9 Å². The molecule has 1 atom stereocenters. The van der Waals surface area contributed by atoms with Crippen LogP contribution in [0.2, 0.25) is 0 Å². The van der Waals surface area contributed by atoms with Gasteiger partial charge in [0, 0.05) is 0 Å². The number of hydrogen-bond acceptors (Lipinski definition) is 3. The van der Waals surface area contributed by atoms with Gasteiger partial charge in [-0.15, -0.1) is 0 Å². The maximum absolute atomic E-state index is 13.7. The fourth-order valence-electron chi connectivity index (χ4n) is 1.66.